The number of hydrogen-bond donors (Lipinski definition) is 0. The smallest absolute Gasteiger partial charge is 0.311 e. The Bertz CT molecular complexity index is 515. The fourth-order valence-corrected chi connectivity index (χ4v) is 4.00. The first-order valence-electron chi connectivity index (χ1n) is 4.07. The van der Waals surface area contributed by atoms with E-state index in [0.29, 0.717) is 17.0 Å². The van der Waals surface area contributed by atoms with Gasteiger partial charge in [-0.1, -0.05) is 12.1 Å². The molecule has 1 heterocycles. The number of hydrogen-bond acceptors (Lipinski definition) is 6. The van der Waals surface area contributed by atoms with Crippen molar-refractivity contribution in [2.75, 3.05) is 0 Å². The number of nitrogens with zero attached hydrogens (tertiary/aromatic N) is 4. The molecule has 1 atom stereocenters. The van der Waals surface area contributed by atoms with E-state index < -0.39 is 13.0 Å². The van der Waals surface area contributed by atoms with Gasteiger partial charge < -0.3 is 4.52 Å². The first kappa shape index (κ1) is 11.3. The molecule has 0 radical (unpaired) electrons. The van der Waals surface area contributed by atoms with Crippen LogP contribution >= 0.6 is 25.1 Å². The number of benzene rings is 1. The van der Waals surface area contributed by atoms with Crippen LogP contribution in [0.1, 0.15) is 0 Å². The lowest BCUT2D eigenvalue weighted by Crippen LogP contribution is -1.91. The molecule has 1 aromatic carbocycles. The van der Waals surface area contributed by atoms with Crippen LogP contribution in [0, 0.1) is 10.1 Å². The van der Waals surface area contributed by atoms with E-state index in [9.17, 15) is 10.1 Å². The molecule has 82 valence electrons. The summed E-state index contributed by atoms with van der Waals surface area (Å²) in [5.74, 6) is 0.209. The van der Waals surface area contributed by atoms with Crippen molar-refractivity contribution < 1.29 is 9.45 Å². The number of para-hydroxylation sites is 2. The zero-order chi connectivity index (χ0) is 11.4. The van der Waals surface area contributed by atoms with Crippen LogP contribution in [-0.4, -0.2) is 4.92 Å². The second-order valence-electron chi connectivity index (χ2n) is 2.58. The highest BCUT2D eigenvalue weighted by Crippen LogP contribution is 2.44. The molecule has 2 rings (SSSR count). The first-order valence-corrected chi connectivity index (χ1v) is 6.97. The molecule has 0 aliphatic carbocycles. The van der Waals surface area contributed by atoms with Crippen molar-refractivity contribution in [2.24, 2.45) is 13.5 Å². The van der Waals surface area contributed by atoms with Crippen molar-refractivity contribution in [1.82, 2.24) is 0 Å². The molecular formula is C6H5N4O3P3. The Morgan fingerprint density at radius 2 is 2.19 bits per heavy atom. The summed E-state index contributed by atoms with van der Waals surface area (Å²) in [7, 11) is -0.578. The van der Waals surface area contributed by atoms with Gasteiger partial charge in [0.1, 0.15) is 0 Å². The molecule has 0 bridgehead atoms. The first-order chi connectivity index (χ1) is 7.77. The predicted octanol–water partition coefficient (Wildman–Crippen LogP) is 4.30. The number of nitro groups is 1. The van der Waals surface area contributed by atoms with Crippen LogP contribution in [0.4, 0.5) is 5.69 Å². The van der Waals surface area contributed by atoms with Crippen LogP contribution in [0.3, 0.4) is 0 Å². The van der Waals surface area contributed by atoms with E-state index in [4.69, 9.17) is 4.52 Å². The van der Waals surface area contributed by atoms with Gasteiger partial charge in [-0.05, 0) is 6.07 Å². The molecule has 0 saturated heterocycles. The van der Waals surface area contributed by atoms with Gasteiger partial charge in [0.15, 0.2) is 17.0 Å². The average Bonchev–Trinajstić information content (AvgIpc) is 2.31. The predicted molar refractivity (Wildman–Crippen MR) is 63.2 cm³/mol. The summed E-state index contributed by atoms with van der Waals surface area (Å²) >= 11 is 0. The molecule has 0 fully saturated rings. The van der Waals surface area contributed by atoms with Gasteiger partial charge in [0.25, 0.3) is 0 Å². The Morgan fingerprint density at radius 1 is 1.38 bits per heavy atom. The zero-order valence-corrected chi connectivity index (χ0v) is 10.5. The highest BCUT2D eigenvalue weighted by atomic mass is 31.2. The standard InChI is InChI=1S/C6H5N4O3P3/c11-10(12)5-3-1-2-4-6(5)13-16-8-14-7-15-9-16/h1-4,16H. The molecule has 0 amide bonds. The molecule has 0 spiro atoms. The van der Waals surface area contributed by atoms with Crippen molar-refractivity contribution in [1.29, 1.82) is 0 Å². The molecular weight excluding hydrogens is 269 g/mol. The minimum absolute atomic E-state index is 0.0683. The lowest BCUT2D eigenvalue weighted by Gasteiger charge is -2.05. The van der Waals surface area contributed by atoms with Crippen LogP contribution in [0.5, 0.6) is 5.75 Å². The maximum Gasteiger partial charge on any atom is 0.311 e. The summed E-state index contributed by atoms with van der Waals surface area (Å²) in [6.45, 7) is 0. The Balaban J connectivity index is 2.28. The Morgan fingerprint density at radius 3 is 2.88 bits per heavy atom. The average molecular weight is 274 g/mol. The van der Waals surface area contributed by atoms with E-state index in [2.05, 4.69) is 13.5 Å². The Hall–Kier alpha value is -1.15. The molecule has 1 unspecified atom stereocenters. The van der Waals surface area contributed by atoms with Gasteiger partial charge in [0, 0.05) is 6.07 Å². The monoisotopic (exact) mass is 274 g/mol. The maximum absolute atomic E-state index is 10.7. The Kier molecular flexibility index (Phi) is 3.73. The van der Waals surface area contributed by atoms with Gasteiger partial charge in [-0.3, -0.25) is 10.1 Å². The van der Waals surface area contributed by atoms with Crippen molar-refractivity contribution in [3.63, 3.8) is 0 Å². The minimum Gasteiger partial charge on any atom is -0.435 e. The lowest BCUT2D eigenvalue weighted by molar-refractivity contribution is -0.385. The molecule has 0 saturated carbocycles. The van der Waals surface area contributed by atoms with Crippen molar-refractivity contribution >= 4 is 30.8 Å². The van der Waals surface area contributed by atoms with Crippen molar-refractivity contribution in [3.05, 3.63) is 34.4 Å². The summed E-state index contributed by atoms with van der Waals surface area (Å²) in [6, 6.07) is 6.19. The molecule has 1 aliphatic heterocycles. The fraction of sp³-hybridized carbons (Fsp3) is 0. The van der Waals surface area contributed by atoms with Gasteiger partial charge in [-0.2, -0.15) is 13.5 Å². The zero-order valence-electron chi connectivity index (χ0n) is 7.72. The van der Waals surface area contributed by atoms with E-state index in [1.165, 1.54) is 6.07 Å². The second-order valence-corrected chi connectivity index (χ2v) is 6.02. The Labute approximate surface area is 94.5 Å². The molecule has 10 heteroatoms. The third-order valence-electron chi connectivity index (χ3n) is 1.60. The normalized spacial score (nSPS) is 19.9. The van der Waals surface area contributed by atoms with E-state index in [-0.39, 0.29) is 11.4 Å². The van der Waals surface area contributed by atoms with Crippen LogP contribution in [-0.2, 0) is 0 Å². The summed E-state index contributed by atoms with van der Waals surface area (Å²) in [4.78, 5) is 10.2. The number of rotatable bonds is 3. The third-order valence-corrected chi connectivity index (χ3v) is 4.73. The molecule has 1 aliphatic rings. The highest BCUT2D eigenvalue weighted by Gasteiger charge is 2.15. The topological polar surface area (TPSA) is 89.5 Å². The SMILES string of the molecule is O=[N+]([O-])c1ccccc1O[PH]1=NP=NP=N1. The summed E-state index contributed by atoms with van der Waals surface area (Å²) in [5.41, 5.74) is -0.0683. The number of nitro benzene ring substituents is 1. The summed E-state index contributed by atoms with van der Waals surface area (Å²) in [6.07, 6.45) is 0. The van der Waals surface area contributed by atoms with Crippen LogP contribution in [0.2, 0.25) is 0 Å². The van der Waals surface area contributed by atoms with Crippen LogP contribution < -0.4 is 4.52 Å². The van der Waals surface area contributed by atoms with Gasteiger partial charge in [0.05, 0.1) is 4.92 Å². The van der Waals surface area contributed by atoms with Gasteiger partial charge in [0.2, 0.25) is 13.8 Å². The molecule has 0 aromatic heterocycles. The van der Waals surface area contributed by atoms with Gasteiger partial charge in [-0.15, -0.1) is 0 Å². The van der Waals surface area contributed by atoms with Crippen molar-refractivity contribution in [3.8, 4) is 5.75 Å². The fourth-order valence-electron chi connectivity index (χ4n) is 0.988. The van der Waals surface area contributed by atoms with Crippen LogP contribution in [0.15, 0.2) is 37.8 Å². The lowest BCUT2D eigenvalue weighted by atomic mass is 10.3. The van der Waals surface area contributed by atoms with Gasteiger partial charge in [-0.25, -0.2) is 0 Å². The molecule has 7 nitrogen and oxygen atoms in total. The minimum atomic E-state index is -1.73. The highest BCUT2D eigenvalue weighted by molar-refractivity contribution is 7.56. The maximum atomic E-state index is 10.7. The quantitative estimate of drug-likeness (QED) is 0.467. The van der Waals surface area contributed by atoms with E-state index in [1.807, 2.05) is 0 Å². The second kappa shape index (κ2) is 5.26. The van der Waals surface area contributed by atoms with E-state index >= 15 is 0 Å². The van der Waals surface area contributed by atoms with E-state index in [0.717, 1.165) is 0 Å². The molecule has 0 N–H and O–H groups in total. The van der Waals surface area contributed by atoms with Crippen molar-refractivity contribution in [2.45, 2.75) is 0 Å². The third kappa shape index (κ3) is 2.70. The van der Waals surface area contributed by atoms with E-state index in [1.54, 1.807) is 18.2 Å². The largest absolute Gasteiger partial charge is 0.435 e. The summed E-state index contributed by atoms with van der Waals surface area (Å²) < 4.78 is 17.3. The summed E-state index contributed by atoms with van der Waals surface area (Å²) in [5, 5.41) is 10.7. The van der Waals surface area contributed by atoms with Gasteiger partial charge >= 0.3 is 5.69 Å². The molecule has 1 aromatic rings. The van der Waals surface area contributed by atoms with Crippen LogP contribution in [0.25, 0.3) is 0 Å². The molecule has 16 heavy (non-hydrogen) atoms.